The van der Waals surface area contributed by atoms with Crippen molar-refractivity contribution in [3.8, 4) is 5.75 Å². The van der Waals surface area contributed by atoms with Crippen molar-refractivity contribution in [2.75, 3.05) is 13.7 Å². The molecule has 3 aromatic rings. The van der Waals surface area contributed by atoms with Crippen LogP contribution in [0.3, 0.4) is 0 Å². The van der Waals surface area contributed by atoms with Crippen molar-refractivity contribution in [1.82, 2.24) is 14.9 Å². The minimum atomic E-state index is -0.601. The normalized spacial score (nSPS) is 12.0. The van der Waals surface area contributed by atoms with E-state index >= 15 is 0 Å². The van der Waals surface area contributed by atoms with E-state index < -0.39 is 17.1 Å². The van der Waals surface area contributed by atoms with Gasteiger partial charge in [0.15, 0.2) is 0 Å². The zero-order valence-electron chi connectivity index (χ0n) is 23.2. The van der Waals surface area contributed by atoms with Gasteiger partial charge in [0, 0.05) is 36.0 Å². The molecular weight excluding hydrogens is 470 g/mol. The van der Waals surface area contributed by atoms with Gasteiger partial charge in [-0.05, 0) is 64.4 Å². The smallest absolute Gasteiger partial charge is 0.407 e. The number of rotatable bonds is 9. The second-order valence-corrected chi connectivity index (χ2v) is 11.1. The molecule has 0 spiro atoms. The van der Waals surface area contributed by atoms with Gasteiger partial charge in [0.1, 0.15) is 11.4 Å². The molecule has 0 bridgehead atoms. The van der Waals surface area contributed by atoms with Crippen molar-refractivity contribution < 1.29 is 23.8 Å². The van der Waals surface area contributed by atoms with Gasteiger partial charge in [-0.1, -0.05) is 26.0 Å². The van der Waals surface area contributed by atoms with E-state index in [1.807, 2.05) is 84.9 Å². The lowest BCUT2D eigenvalue weighted by molar-refractivity contribution is -0.146. The summed E-state index contributed by atoms with van der Waals surface area (Å²) in [6, 6.07) is 11.7. The Balaban J connectivity index is 2.09. The van der Waals surface area contributed by atoms with Gasteiger partial charge >= 0.3 is 12.1 Å². The van der Waals surface area contributed by atoms with Crippen molar-refractivity contribution in [3.63, 3.8) is 0 Å². The number of fused-ring (bicyclic) bond motifs is 1. The zero-order chi connectivity index (χ0) is 27.4. The van der Waals surface area contributed by atoms with E-state index in [0.717, 1.165) is 33.6 Å². The molecule has 0 radical (unpaired) electrons. The SMILES string of the molecule is COc1ccc(Cn2c(CC(=O)OC(C)C)c(C(C)(C)CNC(=O)OC(C)(C)C)c3ncccc32)cc1. The number of carbonyl (C=O) groups excluding carboxylic acids is 2. The number of hydrogen-bond acceptors (Lipinski definition) is 6. The Morgan fingerprint density at radius 1 is 1.05 bits per heavy atom. The van der Waals surface area contributed by atoms with E-state index in [-0.39, 0.29) is 18.5 Å². The highest BCUT2D eigenvalue weighted by molar-refractivity contribution is 5.85. The molecule has 1 aromatic carbocycles. The van der Waals surface area contributed by atoms with Gasteiger partial charge in [-0.15, -0.1) is 0 Å². The molecule has 0 aliphatic rings. The molecule has 0 unspecified atom stereocenters. The molecule has 2 aromatic heterocycles. The first-order chi connectivity index (χ1) is 17.3. The number of esters is 1. The first-order valence-corrected chi connectivity index (χ1v) is 12.6. The molecule has 0 saturated carbocycles. The Hall–Kier alpha value is -3.55. The van der Waals surface area contributed by atoms with Crippen LogP contribution >= 0.6 is 0 Å². The van der Waals surface area contributed by atoms with Crippen molar-refractivity contribution in [2.24, 2.45) is 0 Å². The zero-order valence-corrected chi connectivity index (χ0v) is 23.2. The minimum absolute atomic E-state index is 0.0793. The summed E-state index contributed by atoms with van der Waals surface area (Å²) in [5.74, 6) is 0.462. The molecular formula is C29H39N3O5. The van der Waals surface area contributed by atoms with Gasteiger partial charge in [0.05, 0.1) is 30.7 Å². The highest BCUT2D eigenvalue weighted by Crippen LogP contribution is 2.36. The predicted octanol–water partition coefficient (Wildman–Crippen LogP) is 5.39. The fourth-order valence-electron chi connectivity index (χ4n) is 4.35. The van der Waals surface area contributed by atoms with Crippen LogP contribution in [0.25, 0.3) is 11.0 Å². The highest BCUT2D eigenvalue weighted by Gasteiger charge is 2.33. The summed E-state index contributed by atoms with van der Waals surface area (Å²) < 4.78 is 18.4. The van der Waals surface area contributed by atoms with E-state index in [1.54, 1.807) is 13.3 Å². The summed E-state index contributed by atoms with van der Waals surface area (Å²) in [6.45, 7) is 14.0. The van der Waals surface area contributed by atoms with Gasteiger partial charge in [-0.3, -0.25) is 9.78 Å². The molecule has 0 aliphatic carbocycles. The molecule has 0 saturated heterocycles. The molecule has 0 fully saturated rings. The molecule has 0 atom stereocenters. The Morgan fingerprint density at radius 2 is 1.73 bits per heavy atom. The molecule has 8 nitrogen and oxygen atoms in total. The Labute approximate surface area is 219 Å². The summed E-state index contributed by atoms with van der Waals surface area (Å²) in [5.41, 5.74) is 3.29. The summed E-state index contributed by atoms with van der Waals surface area (Å²) in [6.07, 6.45) is 1.11. The third-order valence-electron chi connectivity index (χ3n) is 5.86. The van der Waals surface area contributed by atoms with E-state index in [4.69, 9.17) is 19.2 Å². The Bertz CT molecular complexity index is 1240. The predicted molar refractivity (Wildman–Crippen MR) is 144 cm³/mol. The first-order valence-electron chi connectivity index (χ1n) is 12.6. The maximum atomic E-state index is 12.9. The third kappa shape index (κ3) is 7.24. The van der Waals surface area contributed by atoms with Crippen LogP contribution in [0, 0.1) is 0 Å². The number of carbonyl (C=O) groups is 2. The fourth-order valence-corrected chi connectivity index (χ4v) is 4.35. The van der Waals surface area contributed by atoms with Crippen molar-refractivity contribution in [3.05, 3.63) is 59.4 Å². The molecule has 1 N–H and O–H groups in total. The lowest BCUT2D eigenvalue weighted by atomic mass is 9.83. The van der Waals surface area contributed by atoms with Gasteiger partial charge < -0.3 is 24.1 Å². The van der Waals surface area contributed by atoms with E-state index in [9.17, 15) is 9.59 Å². The van der Waals surface area contributed by atoms with Crippen LogP contribution in [0.5, 0.6) is 5.75 Å². The number of hydrogen-bond donors (Lipinski definition) is 1. The minimum Gasteiger partial charge on any atom is -0.497 e. The lowest BCUT2D eigenvalue weighted by Crippen LogP contribution is -2.40. The van der Waals surface area contributed by atoms with Crippen LogP contribution in [0.2, 0.25) is 0 Å². The van der Waals surface area contributed by atoms with Gasteiger partial charge in [0.2, 0.25) is 0 Å². The summed E-state index contributed by atoms with van der Waals surface area (Å²) in [7, 11) is 1.64. The molecule has 8 heteroatoms. The van der Waals surface area contributed by atoms with Crippen molar-refractivity contribution in [2.45, 2.75) is 78.6 Å². The number of aromatic nitrogens is 2. The van der Waals surface area contributed by atoms with E-state index in [1.165, 1.54) is 0 Å². The quantitative estimate of drug-likeness (QED) is 0.389. The van der Waals surface area contributed by atoms with Crippen LogP contribution in [-0.2, 0) is 32.6 Å². The molecule has 3 rings (SSSR count). The van der Waals surface area contributed by atoms with Crippen molar-refractivity contribution in [1.29, 1.82) is 0 Å². The molecule has 37 heavy (non-hydrogen) atoms. The average Bonchev–Trinajstić information content (AvgIpc) is 3.10. The second kappa shape index (κ2) is 11.2. The number of benzene rings is 1. The number of ether oxygens (including phenoxy) is 3. The van der Waals surface area contributed by atoms with Crippen LogP contribution in [-0.4, -0.2) is 47.0 Å². The maximum absolute atomic E-state index is 12.9. The third-order valence-corrected chi connectivity index (χ3v) is 5.86. The van der Waals surface area contributed by atoms with E-state index in [2.05, 4.69) is 9.88 Å². The van der Waals surface area contributed by atoms with Crippen LogP contribution < -0.4 is 10.1 Å². The summed E-state index contributed by atoms with van der Waals surface area (Å²) in [5, 5.41) is 2.90. The van der Waals surface area contributed by atoms with Crippen LogP contribution in [0.1, 0.15) is 65.3 Å². The van der Waals surface area contributed by atoms with Crippen LogP contribution in [0.4, 0.5) is 4.79 Å². The standard InChI is InChI=1S/C29H39N3O5/c1-19(2)36-24(33)16-23-25(29(6,7)18-31-27(34)37-28(3,4)5)26-22(10-9-15-30-26)32(23)17-20-11-13-21(35-8)14-12-20/h9-15,19H,16-18H2,1-8H3,(H,31,34). The molecule has 0 aliphatic heterocycles. The lowest BCUT2D eigenvalue weighted by Gasteiger charge is -2.28. The fraction of sp³-hybridized carbons (Fsp3) is 0.483. The number of nitrogens with zero attached hydrogens (tertiary/aromatic N) is 2. The topological polar surface area (TPSA) is 91.7 Å². The molecule has 200 valence electrons. The van der Waals surface area contributed by atoms with E-state index in [0.29, 0.717) is 13.1 Å². The number of amides is 1. The Morgan fingerprint density at radius 3 is 2.32 bits per heavy atom. The number of nitrogens with one attached hydrogen (secondary N) is 1. The highest BCUT2D eigenvalue weighted by atomic mass is 16.6. The maximum Gasteiger partial charge on any atom is 0.407 e. The summed E-state index contributed by atoms with van der Waals surface area (Å²) in [4.78, 5) is 30.1. The monoisotopic (exact) mass is 509 g/mol. The van der Waals surface area contributed by atoms with Gasteiger partial charge in [-0.25, -0.2) is 4.79 Å². The van der Waals surface area contributed by atoms with Crippen molar-refractivity contribution >= 4 is 23.1 Å². The molecule has 2 heterocycles. The number of methoxy groups -OCH3 is 1. The van der Waals surface area contributed by atoms with Crippen LogP contribution in [0.15, 0.2) is 42.6 Å². The van der Waals surface area contributed by atoms with Gasteiger partial charge in [0.25, 0.3) is 0 Å². The number of pyridine rings is 1. The number of alkyl carbamates (subject to hydrolysis) is 1. The average molecular weight is 510 g/mol. The molecule has 1 amide bonds. The Kier molecular flexibility index (Phi) is 8.51. The summed E-state index contributed by atoms with van der Waals surface area (Å²) >= 11 is 0. The second-order valence-electron chi connectivity index (χ2n) is 11.1. The first kappa shape index (κ1) is 28.0. The largest absolute Gasteiger partial charge is 0.497 e. The van der Waals surface area contributed by atoms with Gasteiger partial charge in [-0.2, -0.15) is 0 Å².